The lowest BCUT2D eigenvalue weighted by molar-refractivity contribution is -0.146. The Morgan fingerprint density at radius 1 is 0.340 bits per heavy atom. The molecule has 0 aliphatic rings. The molecule has 16 heteroatoms. The fourth-order valence-electron chi connectivity index (χ4n) is 3.60. The van der Waals surface area contributed by atoms with Gasteiger partial charge in [0.05, 0.1) is 152 Å². The van der Waals surface area contributed by atoms with E-state index in [9.17, 15) is 9.59 Å². The molecule has 0 amide bonds. The van der Waals surface area contributed by atoms with Crippen LogP contribution in [0, 0.1) is 0 Å². The summed E-state index contributed by atoms with van der Waals surface area (Å²) in [5.41, 5.74) is 0. The van der Waals surface area contributed by atoms with E-state index >= 15 is 0 Å². The van der Waals surface area contributed by atoms with Gasteiger partial charge >= 0.3 is 11.9 Å². The predicted octanol–water partition coefficient (Wildman–Crippen LogP) is 2.17. The molecule has 298 valence electrons. The van der Waals surface area contributed by atoms with Crippen LogP contribution in [-0.4, -0.2) is 182 Å². The molecular weight excluding hydrogens is 664 g/mol. The first kappa shape index (κ1) is 48.5. The summed E-state index contributed by atoms with van der Waals surface area (Å²) in [4.78, 5) is 21.9. The highest BCUT2D eigenvalue weighted by atomic mass is 16.6. The Kier molecular flexibility index (Phi) is 42.3. The third kappa shape index (κ3) is 44.5. The third-order valence-electron chi connectivity index (χ3n) is 6.25. The first-order valence-electron chi connectivity index (χ1n) is 18.0. The number of carboxylic acid groups (broad SMARTS) is 1. The summed E-state index contributed by atoms with van der Waals surface area (Å²) in [6, 6.07) is 0. The van der Waals surface area contributed by atoms with Gasteiger partial charge < -0.3 is 66.7 Å². The van der Waals surface area contributed by atoms with Crippen molar-refractivity contribution in [1.82, 2.24) is 0 Å². The Morgan fingerprint density at radius 2 is 0.580 bits per heavy atom. The second-order valence-corrected chi connectivity index (χ2v) is 10.5. The molecule has 50 heavy (non-hydrogen) atoms. The maximum Gasteiger partial charge on any atom is 0.305 e. The molecule has 0 saturated carbocycles. The number of ether oxygens (including phenoxy) is 13. The van der Waals surface area contributed by atoms with E-state index in [1.807, 2.05) is 0 Å². The van der Waals surface area contributed by atoms with Gasteiger partial charge in [0.1, 0.15) is 6.61 Å². The monoisotopic (exact) mass is 730 g/mol. The van der Waals surface area contributed by atoms with Crippen molar-refractivity contribution in [2.75, 3.05) is 165 Å². The Morgan fingerprint density at radius 3 is 0.840 bits per heavy atom. The normalized spacial score (nSPS) is 11.4. The molecule has 0 aromatic carbocycles. The molecule has 0 fully saturated rings. The smallest absolute Gasteiger partial charge is 0.305 e. The van der Waals surface area contributed by atoms with E-state index in [0.717, 1.165) is 19.4 Å². The van der Waals surface area contributed by atoms with Crippen LogP contribution in [-0.2, 0) is 71.2 Å². The summed E-state index contributed by atoms with van der Waals surface area (Å²) in [7, 11) is 0. The lowest BCUT2D eigenvalue weighted by Crippen LogP contribution is -2.15. The van der Waals surface area contributed by atoms with E-state index in [1.165, 1.54) is 0 Å². The molecule has 0 bridgehead atoms. The molecule has 0 unspecified atom stereocenters. The van der Waals surface area contributed by atoms with Crippen LogP contribution in [0.5, 0.6) is 0 Å². The number of hydrogen-bond acceptors (Lipinski definition) is 15. The van der Waals surface area contributed by atoms with E-state index in [0.29, 0.717) is 158 Å². The minimum Gasteiger partial charge on any atom is -0.481 e. The SMILES string of the molecule is CCCCOCCOCCOCCOCCOCCOCCOCCOCCOCCOCCOCCOCCOC(=O)CCCCC(=O)O. The summed E-state index contributed by atoms with van der Waals surface area (Å²) in [5, 5.41) is 8.55. The van der Waals surface area contributed by atoms with Gasteiger partial charge in [0.25, 0.3) is 0 Å². The number of carbonyl (C=O) groups is 2. The van der Waals surface area contributed by atoms with Crippen LogP contribution in [0.3, 0.4) is 0 Å². The molecule has 0 aromatic heterocycles. The van der Waals surface area contributed by atoms with Crippen molar-refractivity contribution in [2.24, 2.45) is 0 Å². The highest BCUT2D eigenvalue weighted by Crippen LogP contribution is 2.01. The molecule has 0 heterocycles. The molecule has 16 nitrogen and oxygen atoms in total. The molecule has 0 saturated heterocycles. The van der Waals surface area contributed by atoms with Crippen LogP contribution < -0.4 is 0 Å². The average Bonchev–Trinajstić information content (AvgIpc) is 3.11. The number of unbranched alkanes of at least 4 members (excludes halogenated alkanes) is 2. The Hall–Kier alpha value is -1.54. The van der Waals surface area contributed by atoms with Crippen molar-refractivity contribution in [3.8, 4) is 0 Å². The first-order chi connectivity index (χ1) is 24.7. The Balaban J connectivity index is 3.09. The summed E-state index contributed by atoms with van der Waals surface area (Å²) < 4.78 is 70.3. The summed E-state index contributed by atoms with van der Waals surface area (Å²) in [6.07, 6.45) is 3.46. The Labute approximate surface area is 298 Å². The Bertz CT molecular complexity index is 688. The summed E-state index contributed by atoms with van der Waals surface area (Å²) >= 11 is 0. The topological polar surface area (TPSA) is 174 Å². The minimum absolute atomic E-state index is 0.0595. The van der Waals surface area contributed by atoms with E-state index in [4.69, 9.17) is 66.7 Å². The number of aliphatic carboxylic acids is 1. The van der Waals surface area contributed by atoms with Gasteiger partial charge in [-0.1, -0.05) is 13.3 Å². The van der Waals surface area contributed by atoms with Crippen LogP contribution in [0.4, 0.5) is 0 Å². The van der Waals surface area contributed by atoms with Gasteiger partial charge in [0.15, 0.2) is 0 Å². The van der Waals surface area contributed by atoms with Crippen LogP contribution in [0.25, 0.3) is 0 Å². The van der Waals surface area contributed by atoms with Crippen molar-refractivity contribution >= 4 is 11.9 Å². The predicted molar refractivity (Wildman–Crippen MR) is 182 cm³/mol. The van der Waals surface area contributed by atoms with Crippen LogP contribution >= 0.6 is 0 Å². The van der Waals surface area contributed by atoms with Gasteiger partial charge in [-0.05, 0) is 19.3 Å². The standard InChI is InChI=1S/C34H66O16/c1-2-3-8-38-9-10-39-11-12-40-13-14-41-15-16-42-17-18-43-19-20-44-21-22-45-23-24-46-25-26-47-27-28-48-29-30-49-31-32-50-34(37)7-5-4-6-33(35)36/h2-32H2,1H3,(H,35,36). The highest BCUT2D eigenvalue weighted by Gasteiger charge is 2.04. The molecule has 1 N–H and O–H groups in total. The zero-order valence-electron chi connectivity index (χ0n) is 30.5. The quantitative estimate of drug-likeness (QED) is 0.0713. The van der Waals surface area contributed by atoms with Crippen molar-refractivity contribution in [3.63, 3.8) is 0 Å². The van der Waals surface area contributed by atoms with Gasteiger partial charge in [-0.2, -0.15) is 0 Å². The first-order valence-corrected chi connectivity index (χ1v) is 18.0. The summed E-state index contributed by atoms with van der Waals surface area (Å²) in [6.45, 7) is 14.3. The molecule has 0 aliphatic heterocycles. The highest BCUT2D eigenvalue weighted by molar-refractivity contribution is 5.69. The molecule has 0 radical (unpaired) electrons. The fraction of sp³-hybridized carbons (Fsp3) is 0.941. The van der Waals surface area contributed by atoms with Crippen LogP contribution in [0.1, 0.15) is 45.4 Å². The number of carboxylic acids is 1. The van der Waals surface area contributed by atoms with E-state index in [1.54, 1.807) is 0 Å². The van der Waals surface area contributed by atoms with Gasteiger partial charge in [-0.3, -0.25) is 9.59 Å². The van der Waals surface area contributed by atoms with Crippen LogP contribution in [0.2, 0.25) is 0 Å². The number of hydrogen-bond donors (Lipinski definition) is 1. The van der Waals surface area contributed by atoms with Crippen molar-refractivity contribution < 1.29 is 76.3 Å². The number of carbonyl (C=O) groups excluding carboxylic acids is 1. The molecule has 0 aliphatic carbocycles. The maximum absolute atomic E-state index is 11.5. The third-order valence-corrected chi connectivity index (χ3v) is 6.25. The second kappa shape index (κ2) is 43.6. The molecule has 0 aromatic rings. The largest absolute Gasteiger partial charge is 0.481 e. The molecule has 0 spiro atoms. The zero-order valence-corrected chi connectivity index (χ0v) is 30.5. The fourth-order valence-corrected chi connectivity index (χ4v) is 3.60. The minimum atomic E-state index is -0.863. The lowest BCUT2D eigenvalue weighted by Gasteiger charge is -2.09. The van der Waals surface area contributed by atoms with Crippen molar-refractivity contribution in [2.45, 2.75) is 45.4 Å². The van der Waals surface area contributed by atoms with E-state index in [2.05, 4.69) is 6.92 Å². The van der Waals surface area contributed by atoms with Gasteiger partial charge in [0.2, 0.25) is 0 Å². The van der Waals surface area contributed by atoms with Crippen molar-refractivity contribution in [1.29, 1.82) is 0 Å². The van der Waals surface area contributed by atoms with Crippen LogP contribution in [0.15, 0.2) is 0 Å². The maximum atomic E-state index is 11.5. The van der Waals surface area contributed by atoms with E-state index < -0.39 is 5.97 Å². The average molecular weight is 731 g/mol. The van der Waals surface area contributed by atoms with Crippen molar-refractivity contribution in [3.05, 3.63) is 0 Å². The molecule has 0 atom stereocenters. The molecule has 0 rings (SSSR count). The van der Waals surface area contributed by atoms with Gasteiger partial charge in [-0.15, -0.1) is 0 Å². The zero-order chi connectivity index (χ0) is 36.3. The van der Waals surface area contributed by atoms with Gasteiger partial charge in [0, 0.05) is 19.4 Å². The second-order valence-electron chi connectivity index (χ2n) is 10.5. The summed E-state index contributed by atoms with van der Waals surface area (Å²) in [5.74, 6) is -1.21. The van der Waals surface area contributed by atoms with Gasteiger partial charge in [-0.25, -0.2) is 0 Å². The van der Waals surface area contributed by atoms with E-state index in [-0.39, 0.29) is 32.0 Å². The number of esters is 1. The lowest BCUT2D eigenvalue weighted by atomic mass is 10.2. The molecular formula is C34H66O16. The number of rotatable bonds is 44.